The van der Waals surface area contributed by atoms with Crippen LogP contribution in [0, 0.1) is 0 Å². The first-order chi connectivity index (χ1) is 28.5. The fraction of sp³-hybridized carbons (Fsp3) is 0.796. The van der Waals surface area contributed by atoms with E-state index in [1.165, 1.54) is 103 Å². The van der Waals surface area contributed by atoms with Gasteiger partial charge in [0.2, 0.25) is 0 Å². The van der Waals surface area contributed by atoms with Crippen LogP contribution in [0.5, 0.6) is 0 Å². The van der Waals surface area contributed by atoms with Crippen molar-refractivity contribution in [1.29, 1.82) is 0 Å². The van der Waals surface area contributed by atoms with E-state index in [1.54, 1.807) is 0 Å². The number of rotatable bonds is 43. The molecule has 59 heavy (non-hydrogen) atoms. The Bertz CT molecular complexity index is 1150. The highest BCUT2D eigenvalue weighted by Gasteiger charge is 2.21. The second kappa shape index (κ2) is 41.3. The molecule has 0 amide bonds. The van der Waals surface area contributed by atoms with Crippen molar-refractivity contribution >= 4 is 19.8 Å². The van der Waals surface area contributed by atoms with E-state index in [0.717, 1.165) is 57.8 Å². The second-order valence-electron chi connectivity index (χ2n) is 17.1. The number of quaternary nitrogens is 1. The van der Waals surface area contributed by atoms with Crippen molar-refractivity contribution < 1.29 is 42.1 Å². The Morgan fingerprint density at radius 3 is 1.39 bits per heavy atom. The molecular formula is C49H90NO8P. The molecule has 0 aromatic carbocycles. The van der Waals surface area contributed by atoms with E-state index >= 15 is 0 Å². The van der Waals surface area contributed by atoms with Crippen molar-refractivity contribution in [2.75, 3.05) is 47.5 Å². The average molecular weight is 852 g/mol. The van der Waals surface area contributed by atoms with Gasteiger partial charge in [-0.3, -0.25) is 14.2 Å². The fourth-order valence-corrected chi connectivity index (χ4v) is 7.07. The van der Waals surface area contributed by atoms with E-state index in [4.69, 9.17) is 18.5 Å². The number of phosphoric acid groups is 1. The van der Waals surface area contributed by atoms with Crippen LogP contribution in [0.4, 0.5) is 0 Å². The van der Waals surface area contributed by atoms with E-state index in [1.807, 2.05) is 21.1 Å². The monoisotopic (exact) mass is 852 g/mol. The van der Waals surface area contributed by atoms with Crippen LogP contribution in [0.1, 0.15) is 200 Å². The maximum atomic E-state index is 12.7. The maximum absolute atomic E-state index is 12.7. The van der Waals surface area contributed by atoms with Gasteiger partial charge in [0, 0.05) is 12.8 Å². The lowest BCUT2D eigenvalue weighted by Crippen LogP contribution is -2.37. The highest BCUT2D eigenvalue weighted by atomic mass is 31.2. The number of hydrogen-bond donors (Lipinski definition) is 0. The molecule has 0 aliphatic heterocycles. The standard InChI is InChI=1S/C49H90NO8P/c1-6-8-10-12-14-16-18-20-22-24-25-26-28-29-31-33-35-37-39-41-48(51)55-45-47(46-57-59(53,54)56-44-43-50(3,4)5)58-49(52)42-40-38-36-34-32-30-27-23-21-19-17-15-13-11-9-7-2/h14,16,20,22,25-26,29,31,47H,6-13,15,17-19,21,23-24,27-28,30,32-46H2,1-5H3/b16-14+,22-20+,26-25+,31-29+/t47-/m1/s1. The lowest BCUT2D eigenvalue weighted by Gasteiger charge is -2.28. The van der Waals surface area contributed by atoms with Crippen LogP contribution >= 0.6 is 7.82 Å². The van der Waals surface area contributed by atoms with Gasteiger partial charge in [0.15, 0.2) is 6.10 Å². The number of esters is 2. The smallest absolute Gasteiger partial charge is 0.306 e. The van der Waals surface area contributed by atoms with Crippen molar-refractivity contribution in [3.63, 3.8) is 0 Å². The molecule has 0 aromatic heterocycles. The Morgan fingerprint density at radius 2 is 0.915 bits per heavy atom. The molecule has 344 valence electrons. The lowest BCUT2D eigenvalue weighted by atomic mass is 10.0. The molecule has 0 N–H and O–H groups in total. The van der Waals surface area contributed by atoms with Crippen LogP contribution in [0.3, 0.4) is 0 Å². The number of hydrogen-bond acceptors (Lipinski definition) is 8. The molecule has 1 unspecified atom stereocenters. The predicted octanol–water partition coefficient (Wildman–Crippen LogP) is 13.2. The first kappa shape index (κ1) is 57.0. The van der Waals surface area contributed by atoms with E-state index in [2.05, 4.69) is 62.5 Å². The third kappa shape index (κ3) is 45.3. The number of carbonyl (C=O) groups excluding carboxylic acids is 2. The van der Waals surface area contributed by atoms with Gasteiger partial charge in [0.25, 0.3) is 7.82 Å². The minimum atomic E-state index is -4.63. The molecule has 0 bridgehead atoms. The molecule has 0 heterocycles. The highest BCUT2D eigenvalue weighted by Crippen LogP contribution is 2.38. The van der Waals surface area contributed by atoms with Gasteiger partial charge in [0.1, 0.15) is 19.8 Å². The first-order valence-electron chi connectivity index (χ1n) is 23.8. The molecule has 0 spiro atoms. The van der Waals surface area contributed by atoms with Gasteiger partial charge in [0.05, 0.1) is 27.7 Å². The summed E-state index contributed by atoms with van der Waals surface area (Å²) in [5.41, 5.74) is 0. The van der Waals surface area contributed by atoms with E-state index in [-0.39, 0.29) is 26.1 Å². The Balaban J connectivity index is 4.36. The number of phosphoric ester groups is 1. The molecule has 0 aliphatic carbocycles. The Morgan fingerprint density at radius 1 is 0.525 bits per heavy atom. The summed E-state index contributed by atoms with van der Waals surface area (Å²) in [7, 11) is 1.15. The number of allylic oxidation sites excluding steroid dienone is 8. The molecular weight excluding hydrogens is 762 g/mol. The third-order valence-electron chi connectivity index (χ3n) is 10.1. The zero-order valence-corrected chi connectivity index (χ0v) is 39.6. The summed E-state index contributed by atoms with van der Waals surface area (Å²) in [6.07, 6.45) is 48.5. The minimum Gasteiger partial charge on any atom is -0.756 e. The summed E-state index contributed by atoms with van der Waals surface area (Å²) in [6.45, 7) is 4.18. The predicted molar refractivity (Wildman–Crippen MR) is 245 cm³/mol. The van der Waals surface area contributed by atoms with Crippen LogP contribution in [0.2, 0.25) is 0 Å². The van der Waals surface area contributed by atoms with E-state index < -0.39 is 32.5 Å². The summed E-state index contributed by atoms with van der Waals surface area (Å²) in [4.78, 5) is 37.6. The SMILES string of the molecule is CCCCC/C=C/C/C=C/C/C=C/C/C=C/CCCCCC(=O)OC[C@H](COP(=O)([O-])OCC[N+](C)(C)C)OC(=O)CCCCCCCCCCCCCCCCCC. The van der Waals surface area contributed by atoms with Crippen molar-refractivity contribution in [2.45, 2.75) is 206 Å². The zero-order valence-electron chi connectivity index (χ0n) is 38.7. The number of unbranched alkanes of at least 4 members (excludes halogenated alkanes) is 21. The number of ether oxygens (including phenoxy) is 2. The molecule has 0 fully saturated rings. The van der Waals surface area contributed by atoms with Crippen LogP contribution in [0.25, 0.3) is 0 Å². The van der Waals surface area contributed by atoms with Gasteiger partial charge in [-0.1, -0.05) is 178 Å². The van der Waals surface area contributed by atoms with Gasteiger partial charge < -0.3 is 27.9 Å². The Kier molecular flexibility index (Phi) is 39.9. The van der Waals surface area contributed by atoms with E-state index in [9.17, 15) is 19.0 Å². The van der Waals surface area contributed by atoms with Crippen molar-refractivity contribution in [1.82, 2.24) is 0 Å². The van der Waals surface area contributed by atoms with Crippen LogP contribution in [0.15, 0.2) is 48.6 Å². The topological polar surface area (TPSA) is 111 Å². The number of nitrogens with zero attached hydrogens (tertiary/aromatic N) is 1. The molecule has 0 radical (unpaired) electrons. The summed E-state index contributed by atoms with van der Waals surface area (Å²) < 4.78 is 33.9. The molecule has 2 atom stereocenters. The largest absolute Gasteiger partial charge is 0.756 e. The molecule has 0 rings (SSSR count). The third-order valence-corrected chi connectivity index (χ3v) is 11.1. The van der Waals surface area contributed by atoms with Crippen LogP contribution in [-0.4, -0.2) is 70.0 Å². The molecule has 9 nitrogen and oxygen atoms in total. The van der Waals surface area contributed by atoms with Crippen LogP contribution < -0.4 is 4.89 Å². The Hall–Kier alpha value is -2.03. The number of carbonyl (C=O) groups is 2. The minimum absolute atomic E-state index is 0.0363. The maximum Gasteiger partial charge on any atom is 0.306 e. The average Bonchev–Trinajstić information content (AvgIpc) is 3.19. The van der Waals surface area contributed by atoms with Gasteiger partial charge >= 0.3 is 11.9 Å². The molecule has 0 saturated heterocycles. The summed E-state index contributed by atoms with van der Waals surface area (Å²) in [5, 5.41) is 0. The molecule has 10 heteroatoms. The molecule has 0 aliphatic rings. The fourth-order valence-electron chi connectivity index (χ4n) is 6.34. The van der Waals surface area contributed by atoms with Gasteiger partial charge in [-0.2, -0.15) is 0 Å². The number of likely N-dealkylation sites (N-methyl/N-ethyl adjacent to an activating group) is 1. The summed E-state index contributed by atoms with van der Waals surface area (Å²) in [6, 6.07) is 0. The quantitative estimate of drug-likeness (QED) is 0.0196. The second-order valence-corrected chi connectivity index (χ2v) is 18.5. The Labute approximate surface area is 363 Å². The van der Waals surface area contributed by atoms with E-state index in [0.29, 0.717) is 23.9 Å². The van der Waals surface area contributed by atoms with Crippen molar-refractivity contribution in [2.24, 2.45) is 0 Å². The normalized spacial score (nSPS) is 13.9. The summed E-state index contributed by atoms with van der Waals surface area (Å²) >= 11 is 0. The molecule has 0 aromatic rings. The van der Waals surface area contributed by atoms with Crippen molar-refractivity contribution in [3.8, 4) is 0 Å². The highest BCUT2D eigenvalue weighted by molar-refractivity contribution is 7.45. The molecule has 0 saturated carbocycles. The first-order valence-corrected chi connectivity index (χ1v) is 25.3. The summed E-state index contributed by atoms with van der Waals surface area (Å²) in [5.74, 6) is -0.866. The van der Waals surface area contributed by atoms with Crippen LogP contribution in [-0.2, 0) is 32.7 Å². The zero-order chi connectivity index (χ0) is 43.6. The van der Waals surface area contributed by atoms with Gasteiger partial charge in [-0.05, 0) is 57.8 Å². The lowest BCUT2D eigenvalue weighted by molar-refractivity contribution is -0.870. The van der Waals surface area contributed by atoms with Gasteiger partial charge in [-0.25, -0.2) is 0 Å². The van der Waals surface area contributed by atoms with Gasteiger partial charge in [-0.15, -0.1) is 0 Å². The van der Waals surface area contributed by atoms with Crippen molar-refractivity contribution in [3.05, 3.63) is 48.6 Å².